The Morgan fingerprint density at radius 1 is 0.596 bits per heavy atom. The number of quaternary nitrogens is 1. The van der Waals surface area contributed by atoms with E-state index < -0.39 is 32.5 Å². The number of esters is 2. The van der Waals surface area contributed by atoms with Crippen molar-refractivity contribution in [2.24, 2.45) is 0 Å². The quantitative estimate of drug-likeness (QED) is 0.0123. The molecule has 0 radical (unpaired) electrons. The normalized spacial score (nSPS) is 14.1. The topological polar surface area (TPSA) is 125 Å². The highest BCUT2D eigenvalue weighted by atomic mass is 31.2. The SMILES string of the molecule is CCCCCCCC/C=C\CCCCCCCC(=O)O[C@H](COC(=O)CCC/C=C\C/C=C\C/C=C\C=C\C(=O)CCCCC)COP(=O)(O)OCC[N+](C)(C)C. The van der Waals surface area contributed by atoms with Crippen molar-refractivity contribution >= 4 is 25.5 Å². The minimum atomic E-state index is -4.40. The first-order chi connectivity index (χ1) is 27.4. The number of likely N-dealkylation sites (N-methyl/N-ethyl adjacent to an activating group) is 1. The van der Waals surface area contributed by atoms with E-state index in [9.17, 15) is 23.8 Å². The summed E-state index contributed by atoms with van der Waals surface area (Å²) in [5, 5.41) is 0. The summed E-state index contributed by atoms with van der Waals surface area (Å²) in [7, 11) is 1.40. The standard InChI is InChI=1S/C46H80NO9P/c1-6-8-10-11-12-13-14-15-16-17-20-24-27-30-34-38-46(50)56-44(42-55-57(51,52)54-40-39-47(3,4)5)41-53-45(49)37-33-29-26-23-21-18-19-22-25-28-32-36-43(48)35-31-9-7-2/h15-16,18-19,23,25-26,28,32,36,44H,6-14,17,20-22,24,27,29-31,33-35,37-42H2,1-5H3/p+1/b16-15-,19-18-,26-23-,28-25-,36-32+/t44-/m1/s1. The van der Waals surface area contributed by atoms with Gasteiger partial charge in [0.1, 0.15) is 19.8 Å². The number of ether oxygens (including phenoxy) is 2. The number of carbonyl (C=O) groups excluding carboxylic acids is 3. The zero-order valence-electron chi connectivity index (χ0n) is 36.6. The third-order valence-corrected chi connectivity index (χ3v) is 9.98. The number of carbonyl (C=O) groups is 3. The minimum Gasteiger partial charge on any atom is -0.462 e. The molecule has 0 saturated heterocycles. The Morgan fingerprint density at radius 3 is 1.79 bits per heavy atom. The Bertz CT molecular complexity index is 1220. The molecule has 0 aliphatic heterocycles. The third kappa shape index (κ3) is 41.3. The van der Waals surface area contributed by atoms with Crippen LogP contribution in [0.4, 0.5) is 0 Å². The van der Waals surface area contributed by atoms with Gasteiger partial charge in [0, 0.05) is 19.3 Å². The number of rotatable bonds is 39. The fourth-order valence-electron chi connectivity index (χ4n) is 5.48. The van der Waals surface area contributed by atoms with Crippen LogP contribution in [0.15, 0.2) is 60.8 Å². The molecule has 0 saturated carbocycles. The molecule has 2 atom stereocenters. The van der Waals surface area contributed by atoms with E-state index in [1.54, 1.807) is 12.2 Å². The monoisotopic (exact) mass is 823 g/mol. The Labute approximate surface area is 347 Å². The molecule has 0 aromatic carbocycles. The second-order valence-corrected chi connectivity index (χ2v) is 17.2. The number of unbranched alkanes of at least 4 members (excludes halogenated alkanes) is 14. The van der Waals surface area contributed by atoms with Crippen LogP contribution >= 0.6 is 7.82 Å². The molecule has 0 rings (SSSR count). The van der Waals surface area contributed by atoms with Gasteiger partial charge in [0.15, 0.2) is 11.9 Å². The summed E-state index contributed by atoms with van der Waals surface area (Å²) in [6.45, 7) is 4.15. The number of ketones is 1. The number of phosphoric acid groups is 1. The molecule has 1 N–H and O–H groups in total. The predicted octanol–water partition coefficient (Wildman–Crippen LogP) is 11.6. The van der Waals surface area contributed by atoms with Crippen molar-refractivity contribution in [3.8, 4) is 0 Å². The van der Waals surface area contributed by atoms with Gasteiger partial charge < -0.3 is 18.9 Å². The molecule has 0 amide bonds. The van der Waals surface area contributed by atoms with Crippen molar-refractivity contribution in [3.63, 3.8) is 0 Å². The smallest absolute Gasteiger partial charge is 0.462 e. The zero-order chi connectivity index (χ0) is 42.3. The van der Waals surface area contributed by atoms with Crippen LogP contribution in [0.1, 0.15) is 162 Å². The van der Waals surface area contributed by atoms with Crippen LogP contribution in [0, 0.1) is 0 Å². The fourth-order valence-corrected chi connectivity index (χ4v) is 6.23. The van der Waals surface area contributed by atoms with E-state index in [2.05, 4.69) is 38.2 Å². The molecule has 57 heavy (non-hydrogen) atoms. The Kier molecular flexibility index (Phi) is 35.9. The number of hydrogen-bond acceptors (Lipinski definition) is 8. The molecule has 11 heteroatoms. The molecule has 0 bridgehead atoms. The summed E-state index contributed by atoms with van der Waals surface area (Å²) in [5.41, 5.74) is 0. The maximum Gasteiger partial charge on any atom is 0.472 e. The fraction of sp³-hybridized carbons (Fsp3) is 0.717. The van der Waals surface area contributed by atoms with Gasteiger partial charge in [0.25, 0.3) is 0 Å². The van der Waals surface area contributed by atoms with Gasteiger partial charge in [-0.2, -0.15) is 0 Å². The van der Waals surface area contributed by atoms with Crippen molar-refractivity contribution in [1.29, 1.82) is 0 Å². The molecular weight excluding hydrogens is 741 g/mol. The Balaban J connectivity index is 4.52. The van der Waals surface area contributed by atoms with Crippen molar-refractivity contribution in [2.45, 2.75) is 168 Å². The molecule has 328 valence electrons. The van der Waals surface area contributed by atoms with Crippen LogP contribution in [-0.2, 0) is 37.5 Å². The van der Waals surface area contributed by atoms with Crippen LogP contribution in [0.5, 0.6) is 0 Å². The van der Waals surface area contributed by atoms with Crippen molar-refractivity contribution < 1.29 is 46.8 Å². The first-order valence-electron chi connectivity index (χ1n) is 22.0. The van der Waals surface area contributed by atoms with Crippen molar-refractivity contribution in [1.82, 2.24) is 0 Å². The lowest BCUT2D eigenvalue weighted by molar-refractivity contribution is -0.870. The van der Waals surface area contributed by atoms with Gasteiger partial charge >= 0.3 is 19.8 Å². The zero-order valence-corrected chi connectivity index (χ0v) is 37.4. The van der Waals surface area contributed by atoms with Crippen molar-refractivity contribution in [2.75, 3.05) is 47.5 Å². The lowest BCUT2D eigenvalue weighted by Crippen LogP contribution is -2.37. The first kappa shape index (κ1) is 54.4. The van der Waals surface area contributed by atoms with Gasteiger partial charge in [0.2, 0.25) is 0 Å². The lowest BCUT2D eigenvalue weighted by Gasteiger charge is -2.24. The van der Waals surface area contributed by atoms with Crippen LogP contribution < -0.4 is 0 Å². The minimum absolute atomic E-state index is 0.00943. The van der Waals surface area contributed by atoms with E-state index in [4.69, 9.17) is 18.5 Å². The summed E-state index contributed by atoms with van der Waals surface area (Å²) < 4.78 is 34.2. The molecule has 0 aliphatic carbocycles. The highest BCUT2D eigenvalue weighted by Gasteiger charge is 2.27. The molecule has 10 nitrogen and oxygen atoms in total. The molecule has 1 unspecified atom stereocenters. The summed E-state index contributed by atoms with van der Waals surface area (Å²) in [4.78, 5) is 47.0. The molecule has 0 heterocycles. The maximum absolute atomic E-state index is 12.7. The van der Waals surface area contributed by atoms with E-state index >= 15 is 0 Å². The van der Waals surface area contributed by atoms with E-state index in [1.165, 1.54) is 44.9 Å². The van der Waals surface area contributed by atoms with Crippen LogP contribution in [0.2, 0.25) is 0 Å². The highest BCUT2D eigenvalue weighted by molar-refractivity contribution is 7.47. The van der Waals surface area contributed by atoms with Crippen LogP contribution in [0.3, 0.4) is 0 Å². The second-order valence-electron chi connectivity index (χ2n) is 15.8. The van der Waals surface area contributed by atoms with E-state index in [1.807, 2.05) is 45.4 Å². The van der Waals surface area contributed by atoms with Gasteiger partial charge in [-0.3, -0.25) is 23.4 Å². The molecule has 0 fully saturated rings. The van der Waals surface area contributed by atoms with Crippen molar-refractivity contribution in [3.05, 3.63) is 60.8 Å². The van der Waals surface area contributed by atoms with Gasteiger partial charge in [-0.1, -0.05) is 133 Å². The molecule has 0 aromatic rings. The molecular formula is C46H81NO9P+. The summed E-state index contributed by atoms with van der Waals surface area (Å²) in [6, 6.07) is 0. The molecule has 0 aliphatic rings. The third-order valence-electron chi connectivity index (χ3n) is 9.00. The Morgan fingerprint density at radius 2 is 1.12 bits per heavy atom. The first-order valence-corrected chi connectivity index (χ1v) is 23.5. The van der Waals surface area contributed by atoms with Gasteiger partial charge in [-0.25, -0.2) is 4.57 Å². The summed E-state index contributed by atoms with van der Waals surface area (Å²) in [5.74, 6) is -0.742. The average Bonchev–Trinajstić information content (AvgIpc) is 3.15. The number of allylic oxidation sites excluding steroid dienone is 10. The Hall–Kier alpha value is -2.62. The highest BCUT2D eigenvalue weighted by Crippen LogP contribution is 2.43. The van der Waals surface area contributed by atoms with Gasteiger partial charge in [-0.15, -0.1) is 0 Å². The van der Waals surface area contributed by atoms with Gasteiger partial charge in [-0.05, 0) is 70.3 Å². The largest absolute Gasteiger partial charge is 0.472 e. The predicted molar refractivity (Wildman–Crippen MR) is 234 cm³/mol. The van der Waals surface area contributed by atoms with Crippen LogP contribution in [0.25, 0.3) is 0 Å². The summed E-state index contributed by atoms with van der Waals surface area (Å²) >= 11 is 0. The number of nitrogens with zero attached hydrogens (tertiary/aromatic N) is 1. The van der Waals surface area contributed by atoms with Gasteiger partial charge in [0.05, 0.1) is 27.7 Å². The molecule has 0 aromatic heterocycles. The molecule has 0 spiro atoms. The second kappa shape index (κ2) is 37.6. The number of hydrogen-bond donors (Lipinski definition) is 1. The summed E-state index contributed by atoms with van der Waals surface area (Å²) in [6.07, 6.45) is 41.1. The average molecular weight is 823 g/mol. The lowest BCUT2D eigenvalue weighted by atomic mass is 10.1. The number of phosphoric ester groups is 1. The maximum atomic E-state index is 12.7. The van der Waals surface area contributed by atoms with E-state index in [-0.39, 0.29) is 31.8 Å². The van der Waals surface area contributed by atoms with E-state index in [0.717, 1.165) is 64.2 Å². The van der Waals surface area contributed by atoms with E-state index in [0.29, 0.717) is 36.7 Å². The van der Waals surface area contributed by atoms with Crippen LogP contribution in [-0.4, -0.2) is 80.7 Å².